The molecule has 0 unspecified atom stereocenters. The molecule has 1 fully saturated rings. The molecule has 0 amide bonds. The Kier molecular flexibility index (Phi) is 8.23. The molecule has 2 heteroatoms. The van der Waals surface area contributed by atoms with Crippen LogP contribution in [0.1, 0.15) is 58.3 Å². The fourth-order valence-corrected chi connectivity index (χ4v) is 2.01. The molecule has 1 heterocycles. The molecule has 0 radical (unpaired) electrons. The average Bonchev–Trinajstić information content (AvgIpc) is 2.34. The maximum Gasteiger partial charge on any atom is 0.106 e. The molecule has 0 atom stereocenters. The summed E-state index contributed by atoms with van der Waals surface area (Å²) >= 11 is 0. The smallest absolute Gasteiger partial charge is 0.106 e. The second kappa shape index (κ2) is 9.71. The molecule has 0 aromatic carbocycles. The molecule has 0 aromatic rings. The van der Waals surface area contributed by atoms with Crippen LogP contribution in [-0.2, 0) is 4.74 Å². The molecule has 0 bridgehead atoms. The molecule has 1 N–H and O–H groups in total. The maximum atomic E-state index is 5.54. The van der Waals surface area contributed by atoms with Crippen molar-refractivity contribution in [2.45, 2.75) is 58.3 Å². The van der Waals surface area contributed by atoms with Crippen molar-refractivity contribution in [2.75, 3.05) is 19.7 Å². The summed E-state index contributed by atoms with van der Waals surface area (Å²) in [6, 6.07) is 0. The highest BCUT2D eigenvalue weighted by molar-refractivity contribution is 4.97. The predicted octanol–water partition coefficient (Wildman–Crippen LogP) is 3.63. The standard InChI is InChI=1S/C14H27NO/c1-2-3-4-5-6-7-8-9-10-14-13-15-11-12-16-14/h10,15H,2-9,11-13H2,1H3. The van der Waals surface area contributed by atoms with E-state index in [0.717, 1.165) is 25.5 Å². The number of ether oxygens (including phenoxy) is 1. The Hall–Kier alpha value is -0.500. The monoisotopic (exact) mass is 225 g/mol. The number of hydrogen-bond acceptors (Lipinski definition) is 2. The van der Waals surface area contributed by atoms with Crippen LogP contribution < -0.4 is 5.32 Å². The normalized spacial score (nSPS) is 18.7. The van der Waals surface area contributed by atoms with Gasteiger partial charge in [-0.3, -0.25) is 0 Å². The Morgan fingerprint density at radius 2 is 1.88 bits per heavy atom. The van der Waals surface area contributed by atoms with Crippen LogP contribution in [0, 0.1) is 0 Å². The van der Waals surface area contributed by atoms with Crippen LogP contribution in [0.2, 0.25) is 0 Å². The summed E-state index contributed by atoms with van der Waals surface area (Å²) in [6.45, 7) is 5.03. The van der Waals surface area contributed by atoms with E-state index >= 15 is 0 Å². The summed E-state index contributed by atoms with van der Waals surface area (Å²) in [6.07, 6.45) is 13.1. The third kappa shape index (κ3) is 6.89. The highest BCUT2D eigenvalue weighted by atomic mass is 16.5. The summed E-state index contributed by atoms with van der Waals surface area (Å²) in [5, 5.41) is 3.32. The van der Waals surface area contributed by atoms with Crippen LogP contribution in [0.5, 0.6) is 0 Å². The zero-order chi connectivity index (χ0) is 11.5. The van der Waals surface area contributed by atoms with Crippen LogP contribution in [0.3, 0.4) is 0 Å². The molecule has 0 aromatic heterocycles. The summed E-state index contributed by atoms with van der Waals surface area (Å²) in [5.74, 6) is 1.15. The molecule has 1 rings (SSSR count). The molecule has 2 nitrogen and oxygen atoms in total. The van der Waals surface area contributed by atoms with Gasteiger partial charge in [0.05, 0.1) is 6.54 Å². The van der Waals surface area contributed by atoms with E-state index in [0.29, 0.717) is 0 Å². The van der Waals surface area contributed by atoms with E-state index in [9.17, 15) is 0 Å². The highest BCUT2D eigenvalue weighted by Gasteiger charge is 2.03. The lowest BCUT2D eigenvalue weighted by atomic mass is 10.1. The molecule has 1 aliphatic heterocycles. The molecule has 1 aliphatic rings. The topological polar surface area (TPSA) is 21.3 Å². The lowest BCUT2D eigenvalue weighted by Crippen LogP contribution is -2.29. The Balaban J connectivity index is 1.87. The number of rotatable bonds is 8. The first kappa shape index (κ1) is 13.6. The van der Waals surface area contributed by atoms with Crippen molar-refractivity contribution in [2.24, 2.45) is 0 Å². The fourth-order valence-electron chi connectivity index (χ4n) is 2.01. The van der Waals surface area contributed by atoms with Gasteiger partial charge < -0.3 is 10.1 Å². The number of hydrogen-bond donors (Lipinski definition) is 1. The molecule has 16 heavy (non-hydrogen) atoms. The number of nitrogens with one attached hydrogen (secondary N) is 1. The zero-order valence-electron chi connectivity index (χ0n) is 10.8. The average molecular weight is 225 g/mol. The quantitative estimate of drug-likeness (QED) is 0.637. The van der Waals surface area contributed by atoms with E-state index in [4.69, 9.17) is 4.74 Å². The lowest BCUT2D eigenvalue weighted by Gasteiger charge is -2.17. The summed E-state index contributed by atoms with van der Waals surface area (Å²) in [5.41, 5.74) is 0. The summed E-state index contributed by atoms with van der Waals surface area (Å²) in [7, 11) is 0. The lowest BCUT2D eigenvalue weighted by molar-refractivity contribution is 0.176. The SMILES string of the molecule is CCCCCCCCCC=C1CNCCO1. The van der Waals surface area contributed by atoms with Gasteiger partial charge in [-0.1, -0.05) is 45.4 Å². The largest absolute Gasteiger partial charge is 0.496 e. The second-order valence-electron chi connectivity index (χ2n) is 4.61. The van der Waals surface area contributed by atoms with Gasteiger partial charge in [0, 0.05) is 6.54 Å². The molecule has 0 aliphatic carbocycles. The zero-order valence-corrected chi connectivity index (χ0v) is 10.8. The van der Waals surface area contributed by atoms with E-state index in [1.165, 1.54) is 51.4 Å². The van der Waals surface area contributed by atoms with Gasteiger partial charge in [-0.25, -0.2) is 0 Å². The van der Waals surface area contributed by atoms with Gasteiger partial charge in [0.1, 0.15) is 12.4 Å². The van der Waals surface area contributed by atoms with Crippen molar-refractivity contribution in [3.05, 3.63) is 11.8 Å². The van der Waals surface area contributed by atoms with Crippen molar-refractivity contribution in [3.63, 3.8) is 0 Å². The van der Waals surface area contributed by atoms with Crippen LogP contribution in [0.15, 0.2) is 11.8 Å². The highest BCUT2D eigenvalue weighted by Crippen LogP contribution is 2.10. The third-order valence-electron chi connectivity index (χ3n) is 3.05. The van der Waals surface area contributed by atoms with Crippen molar-refractivity contribution in [1.29, 1.82) is 0 Å². The van der Waals surface area contributed by atoms with Crippen molar-refractivity contribution in [1.82, 2.24) is 5.32 Å². The Morgan fingerprint density at radius 1 is 1.12 bits per heavy atom. The van der Waals surface area contributed by atoms with Gasteiger partial charge in [0.25, 0.3) is 0 Å². The predicted molar refractivity (Wildman–Crippen MR) is 69.5 cm³/mol. The molecule has 0 saturated carbocycles. The van der Waals surface area contributed by atoms with E-state index in [2.05, 4.69) is 18.3 Å². The molecular formula is C14H27NO. The molecule has 0 spiro atoms. The third-order valence-corrected chi connectivity index (χ3v) is 3.05. The minimum atomic E-state index is 0.836. The van der Waals surface area contributed by atoms with Gasteiger partial charge in [-0.2, -0.15) is 0 Å². The van der Waals surface area contributed by atoms with Crippen LogP contribution in [-0.4, -0.2) is 19.7 Å². The maximum absolute atomic E-state index is 5.54. The van der Waals surface area contributed by atoms with Crippen molar-refractivity contribution in [3.8, 4) is 0 Å². The van der Waals surface area contributed by atoms with E-state index in [1.807, 2.05) is 0 Å². The van der Waals surface area contributed by atoms with Crippen LogP contribution >= 0.6 is 0 Å². The molecule has 94 valence electrons. The van der Waals surface area contributed by atoms with Crippen molar-refractivity contribution < 1.29 is 4.74 Å². The second-order valence-corrected chi connectivity index (χ2v) is 4.61. The van der Waals surface area contributed by atoms with Gasteiger partial charge in [-0.15, -0.1) is 0 Å². The molecular weight excluding hydrogens is 198 g/mol. The first-order valence-electron chi connectivity index (χ1n) is 6.96. The minimum Gasteiger partial charge on any atom is -0.496 e. The van der Waals surface area contributed by atoms with Gasteiger partial charge in [0.15, 0.2) is 0 Å². The number of allylic oxidation sites excluding steroid dienone is 1. The number of unbranched alkanes of at least 4 members (excludes halogenated alkanes) is 7. The summed E-state index contributed by atoms with van der Waals surface area (Å²) < 4.78 is 5.54. The first-order valence-corrected chi connectivity index (χ1v) is 6.96. The summed E-state index contributed by atoms with van der Waals surface area (Å²) in [4.78, 5) is 0. The van der Waals surface area contributed by atoms with Crippen molar-refractivity contribution >= 4 is 0 Å². The minimum absolute atomic E-state index is 0.836. The van der Waals surface area contributed by atoms with E-state index in [-0.39, 0.29) is 0 Å². The van der Waals surface area contributed by atoms with E-state index < -0.39 is 0 Å². The van der Waals surface area contributed by atoms with Gasteiger partial charge in [-0.05, 0) is 18.9 Å². The Labute approximate surface area is 100 Å². The Bertz CT molecular complexity index is 181. The Morgan fingerprint density at radius 3 is 2.56 bits per heavy atom. The molecule has 1 saturated heterocycles. The van der Waals surface area contributed by atoms with Gasteiger partial charge in [0.2, 0.25) is 0 Å². The van der Waals surface area contributed by atoms with Gasteiger partial charge >= 0.3 is 0 Å². The van der Waals surface area contributed by atoms with E-state index in [1.54, 1.807) is 0 Å². The first-order chi connectivity index (χ1) is 7.93. The van der Waals surface area contributed by atoms with Crippen LogP contribution in [0.25, 0.3) is 0 Å². The number of morpholine rings is 1. The van der Waals surface area contributed by atoms with Crippen LogP contribution in [0.4, 0.5) is 0 Å². The fraction of sp³-hybridized carbons (Fsp3) is 0.857.